The predicted octanol–water partition coefficient (Wildman–Crippen LogP) is 4.34. The molecule has 4 aliphatic rings. The maximum Gasteiger partial charge on any atom is 0.185 e. The fourth-order valence-electron chi connectivity index (χ4n) is 5.31. The number of amidine groups is 1. The molecule has 24 N–H and O–H groups in total. The molecule has 0 unspecified atom stereocenters. The van der Waals surface area contributed by atoms with Crippen molar-refractivity contribution < 1.29 is 0 Å². The molecule has 0 spiro atoms. The number of anilines is 1. The summed E-state index contributed by atoms with van der Waals surface area (Å²) in [5, 5.41) is 13.7. The number of nitrogens with one attached hydrogen (secondary N) is 4. The molecule has 0 atom stereocenters. The molecule has 5 rings (SSSR count). The zero-order valence-electron chi connectivity index (χ0n) is 45.6. The molecular weight excluding hydrogens is 843 g/mol. The third kappa shape index (κ3) is 73.2. The van der Waals surface area contributed by atoms with E-state index in [0.29, 0.717) is 23.0 Å². The van der Waals surface area contributed by atoms with Crippen molar-refractivity contribution in [2.45, 2.75) is 200 Å². The summed E-state index contributed by atoms with van der Waals surface area (Å²) in [4.78, 5) is 17.0. The second-order valence-corrected chi connectivity index (χ2v) is 19.6. The van der Waals surface area contributed by atoms with Crippen molar-refractivity contribution >= 4 is 35.4 Å². The Morgan fingerprint density at radius 3 is 0.925 bits per heavy atom. The van der Waals surface area contributed by atoms with Crippen molar-refractivity contribution in [1.82, 2.24) is 16.0 Å². The first kappa shape index (κ1) is 71.4. The lowest BCUT2D eigenvalue weighted by Gasteiger charge is -2.31. The molecule has 0 heterocycles. The molecule has 19 nitrogen and oxygen atoms in total. The molecule has 0 bridgehead atoms. The van der Waals surface area contributed by atoms with E-state index in [9.17, 15) is 0 Å². The lowest BCUT2D eigenvalue weighted by atomic mass is 9.93. The van der Waals surface area contributed by atoms with Crippen LogP contribution in [0.1, 0.15) is 159 Å². The fraction of sp³-hybridized carbons (Fsp3) is 0.771. The Morgan fingerprint density at radius 1 is 0.448 bits per heavy atom. The molecule has 0 aromatic heterocycles. The van der Waals surface area contributed by atoms with Gasteiger partial charge in [0.2, 0.25) is 0 Å². The summed E-state index contributed by atoms with van der Waals surface area (Å²) in [7, 11) is 9.84. The Labute approximate surface area is 410 Å². The third-order valence-electron chi connectivity index (χ3n) is 9.05. The fourth-order valence-corrected chi connectivity index (χ4v) is 5.31. The van der Waals surface area contributed by atoms with E-state index in [-0.39, 0.29) is 29.4 Å². The Morgan fingerprint density at radius 2 is 0.746 bits per heavy atom. The first-order valence-electron chi connectivity index (χ1n) is 23.8. The summed E-state index contributed by atoms with van der Waals surface area (Å²) < 4.78 is 0. The van der Waals surface area contributed by atoms with Gasteiger partial charge in [0.25, 0.3) is 0 Å². The predicted molar refractivity (Wildman–Crippen MR) is 299 cm³/mol. The van der Waals surface area contributed by atoms with E-state index in [2.05, 4.69) is 121 Å². The van der Waals surface area contributed by atoms with Crippen molar-refractivity contribution in [3.63, 3.8) is 0 Å². The summed E-state index contributed by atoms with van der Waals surface area (Å²) in [6.45, 7) is 21.6. The van der Waals surface area contributed by atoms with Crippen molar-refractivity contribution in [1.29, 1.82) is 0 Å². The summed E-state index contributed by atoms with van der Waals surface area (Å²) in [6.07, 6.45) is 19.3. The van der Waals surface area contributed by atoms with E-state index in [1.807, 2.05) is 25.2 Å². The van der Waals surface area contributed by atoms with E-state index in [4.69, 9.17) is 57.3 Å². The smallest absolute Gasteiger partial charge is 0.185 e. The zero-order valence-corrected chi connectivity index (χ0v) is 45.6. The lowest BCUT2D eigenvalue weighted by molar-refractivity contribution is 0.295. The summed E-state index contributed by atoms with van der Waals surface area (Å²) in [5.74, 6) is 1.15. The molecule has 0 radical (unpaired) electrons. The number of hydrogen-bond acceptors (Lipinski definition) is 10. The highest BCUT2D eigenvalue weighted by atomic mass is 15.0. The highest BCUT2D eigenvalue weighted by molar-refractivity contribution is 5.77. The van der Waals surface area contributed by atoms with Gasteiger partial charge >= 0.3 is 0 Å². The van der Waals surface area contributed by atoms with E-state index < -0.39 is 0 Å². The van der Waals surface area contributed by atoms with Gasteiger partial charge in [0.15, 0.2) is 23.8 Å². The van der Waals surface area contributed by atoms with Gasteiger partial charge in [-0.15, -0.1) is 0 Å². The van der Waals surface area contributed by atoms with Crippen LogP contribution in [0.25, 0.3) is 0 Å². The molecule has 4 saturated carbocycles. The maximum absolute atomic E-state index is 5.53. The molecule has 0 aliphatic heterocycles. The Bertz CT molecular complexity index is 1270. The van der Waals surface area contributed by atoms with Gasteiger partial charge in [-0.05, 0) is 140 Å². The maximum atomic E-state index is 5.53. The number of rotatable bonds is 4. The molecule has 4 fully saturated rings. The van der Waals surface area contributed by atoms with Crippen LogP contribution in [0.5, 0.6) is 0 Å². The Balaban J connectivity index is -0.000000217. The Kier molecular flexibility index (Phi) is 46.8. The zero-order chi connectivity index (χ0) is 53.1. The lowest BCUT2D eigenvalue weighted by Crippen LogP contribution is -2.44. The normalized spacial score (nSPS) is 15.3. The molecule has 0 saturated heterocycles. The minimum absolute atomic E-state index is 0.130. The van der Waals surface area contributed by atoms with Crippen LogP contribution in [0, 0.1) is 0 Å². The van der Waals surface area contributed by atoms with Gasteiger partial charge < -0.3 is 78.6 Å². The van der Waals surface area contributed by atoms with Crippen LogP contribution >= 0.6 is 0 Å². The molecule has 1 aromatic rings. The third-order valence-corrected chi connectivity index (χ3v) is 9.05. The minimum Gasteiger partial charge on any atom is -0.388 e. The highest BCUT2D eigenvalue weighted by Gasteiger charge is 2.25. The van der Waals surface area contributed by atoms with Crippen LogP contribution in [0.15, 0.2) is 55.3 Å². The van der Waals surface area contributed by atoms with Gasteiger partial charge in [-0.25, -0.2) is 0 Å². The van der Waals surface area contributed by atoms with Crippen molar-refractivity contribution in [2.24, 2.45) is 82.3 Å². The number of guanidine groups is 4. The number of hydrogen-bond donors (Lipinski definition) is 14. The molecule has 0 amide bonds. The quantitative estimate of drug-likeness (QED) is 0.148. The van der Waals surface area contributed by atoms with Crippen LogP contribution in [0.3, 0.4) is 0 Å². The van der Waals surface area contributed by atoms with Crippen molar-refractivity contribution in [3.8, 4) is 0 Å². The number of nitrogens with zero attached hydrogens (tertiary/aromatic N) is 5. The van der Waals surface area contributed by atoms with Gasteiger partial charge in [0.05, 0.1) is 5.84 Å². The van der Waals surface area contributed by atoms with Crippen molar-refractivity contribution in [2.75, 3.05) is 47.6 Å². The number of nitrogens with two attached hydrogens (primary N) is 10. The summed E-state index contributed by atoms with van der Waals surface area (Å²) in [6, 6.07) is 13.3. The van der Waals surface area contributed by atoms with Crippen LogP contribution in [0.4, 0.5) is 5.69 Å². The molecule has 396 valence electrons. The molecule has 4 aliphatic carbocycles. The van der Waals surface area contributed by atoms with Gasteiger partial charge in [0, 0.05) is 81.7 Å². The average molecular weight is 953 g/mol. The molecule has 1 aromatic carbocycles. The first-order valence-corrected chi connectivity index (χ1v) is 23.8. The highest BCUT2D eigenvalue weighted by Crippen LogP contribution is 2.22. The van der Waals surface area contributed by atoms with Gasteiger partial charge in [0.1, 0.15) is 0 Å². The van der Waals surface area contributed by atoms with Crippen LogP contribution < -0.4 is 78.6 Å². The monoisotopic (exact) mass is 952 g/mol. The first-order chi connectivity index (χ1) is 30.9. The molecule has 19 heteroatoms. The second-order valence-electron chi connectivity index (χ2n) is 19.6. The van der Waals surface area contributed by atoms with Crippen LogP contribution in [0.2, 0.25) is 0 Å². The van der Waals surface area contributed by atoms with E-state index in [0.717, 1.165) is 18.1 Å². The van der Waals surface area contributed by atoms with Crippen LogP contribution in [-0.2, 0) is 0 Å². The van der Waals surface area contributed by atoms with Crippen molar-refractivity contribution in [3.05, 3.63) is 30.3 Å². The van der Waals surface area contributed by atoms with E-state index in [1.165, 1.54) is 124 Å². The standard InChI is InChI=1S/C10H21N.C10H15N.C7H15N.2C5H11N.C3H8N2.4C2H7N3/c2*1-10(2,3)11-9-7-5-4-6-8-9;1-7(2,3)8-6-4-5-6;1-6-5-3-2-4-5;6-5-3-1-2-4-5;1-3(4)5-2;4*1-5-2(3)4/h9,11H,4-8H2,1-3H3;4-8,11H,1-3H3;6,8H,4-5H2,1-3H3;5-6H,2-4H2,1H3;5H,1-4,6H2;1-2H3,(H2,4,5);4*1H3,(H4,3,4,5). The molecule has 67 heavy (non-hydrogen) atoms. The Hall–Kier alpha value is -4.59. The summed E-state index contributed by atoms with van der Waals surface area (Å²) >= 11 is 0. The number of para-hydroxylation sites is 1. The second kappa shape index (κ2) is 43.9. The largest absolute Gasteiger partial charge is 0.388 e. The van der Waals surface area contributed by atoms with Crippen LogP contribution in [-0.4, -0.2) is 113 Å². The number of aliphatic imine (C=N–C) groups is 5. The average Bonchev–Trinajstić information content (AvgIpc) is 3.89. The topological polar surface area (TPSA) is 370 Å². The van der Waals surface area contributed by atoms with Gasteiger partial charge in [-0.1, -0.05) is 56.7 Å². The van der Waals surface area contributed by atoms with E-state index in [1.54, 1.807) is 14.0 Å². The minimum atomic E-state index is 0.130. The van der Waals surface area contributed by atoms with E-state index >= 15 is 0 Å². The molecular formula is C48H109N19. The van der Waals surface area contributed by atoms with Gasteiger partial charge in [-0.3, -0.25) is 25.0 Å². The summed E-state index contributed by atoms with van der Waals surface area (Å²) in [5.41, 5.74) is 51.1. The SMILES string of the molecule is CC(C)(C)NC1CC1.CC(C)(C)NC1CCCCC1.CC(C)(C)Nc1ccccc1.CN=C(C)N.CN=C(N)N.CN=C(N)N.CN=C(N)N.CN=C(N)N.CNC1CCC1.NC1CCCC1. The van der Waals surface area contributed by atoms with Gasteiger partial charge in [-0.2, -0.15) is 0 Å². The number of benzene rings is 1.